The van der Waals surface area contributed by atoms with Gasteiger partial charge in [-0.3, -0.25) is 4.79 Å². The van der Waals surface area contributed by atoms with Crippen molar-refractivity contribution in [3.8, 4) is 5.75 Å². The molecule has 20 heavy (non-hydrogen) atoms. The molecule has 0 saturated heterocycles. The average Bonchev–Trinajstić information content (AvgIpc) is 2.31. The first-order chi connectivity index (χ1) is 9.40. The number of phenols is 1. The van der Waals surface area contributed by atoms with E-state index in [0.717, 1.165) is 0 Å². The molecular formula is C13H11F4NO2. The predicted molar refractivity (Wildman–Crippen MR) is 63.0 cm³/mol. The molecule has 1 amide bonds. The molecule has 7 heteroatoms. The highest BCUT2D eigenvalue weighted by Gasteiger charge is 2.29. The van der Waals surface area contributed by atoms with Gasteiger partial charge in [0.25, 0.3) is 6.43 Å². The van der Waals surface area contributed by atoms with Gasteiger partial charge in [0, 0.05) is 18.6 Å². The Bertz CT molecular complexity index is 548. The Morgan fingerprint density at radius 2 is 1.85 bits per heavy atom. The summed E-state index contributed by atoms with van der Waals surface area (Å²) >= 11 is 0. The third kappa shape index (κ3) is 2.76. The molecule has 0 aliphatic carbocycles. The van der Waals surface area contributed by atoms with Gasteiger partial charge in [-0.1, -0.05) is 6.08 Å². The smallest absolute Gasteiger partial charge is 0.256 e. The van der Waals surface area contributed by atoms with Gasteiger partial charge in [0.2, 0.25) is 5.91 Å². The molecule has 0 aromatic heterocycles. The molecule has 0 radical (unpaired) electrons. The van der Waals surface area contributed by atoms with E-state index in [1.54, 1.807) is 0 Å². The van der Waals surface area contributed by atoms with Crippen molar-refractivity contribution < 1.29 is 27.5 Å². The molecule has 1 heterocycles. The summed E-state index contributed by atoms with van der Waals surface area (Å²) < 4.78 is 52.5. The summed E-state index contributed by atoms with van der Waals surface area (Å²) in [5.41, 5.74) is -0.812. The lowest BCUT2D eigenvalue weighted by Crippen LogP contribution is -2.36. The number of hydrogen-bond acceptors (Lipinski definition) is 2. The zero-order chi connectivity index (χ0) is 14.9. The van der Waals surface area contributed by atoms with Gasteiger partial charge in [-0.05, 0) is 6.42 Å². The maximum atomic E-state index is 13.8. The van der Waals surface area contributed by atoms with Gasteiger partial charge in [-0.15, -0.1) is 0 Å². The number of carbonyl (C=O) groups excluding carboxylic acids is 1. The van der Waals surface area contributed by atoms with Crippen LogP contribution in [0, 0.1) is 11.6 Å². The summed E-state index contributed by atoms with van der Waals surface area (Å²) in [6.07, 6.45) is -1.25. The Hall–Kier alpha value is -2.05. The van der Waals surface area contributed by atoms with Crippen LogP contribution >= 0.6 is 0 Å². The zero-order valence-electron chi connectivity index (χ0n) is 10.2. The molecule has 0 unspecified atom stereocenters. The van der Waals surface area contributed by atoms with Gasteiger partial charge in [0.15, 0.2) is 0 Å². The third-order valence-corrected chi connectivity index (χ3v) is 2.89. The fourth-order valence-corrected chi connectivity index (χ4v) is 2.09. The molecule has 1 aliphatic rings. The van der Waals surface area contributed by atoms with Gasteiger partial charge in [0.1, 0.15) is 17.4 Å². The van der Waals surface area contributed by atoms with E-state index in [9.17, 15) is 22.4 Å². The van der Waals surface area contributed by atoms with E-state index in [1.807, 2.05) is 0 Å². The molecule has 0 saturated carbocycles. The first kappa shape index (κ1) is 14.4. The minimum atomic E-state index is -2.82. The lowest BCUT2D eigenvalue weighted by Gasteiger charge is -2.29. The van der Waals surface area contributed by atoms with Crippen LogP contribution in [-0.2, 0) is 4.79 Å². The van der Waals surface area contributed by atoms with Crippen LogP contribution in [0.25, 0.3) is 5.70 Å². The van der Waals surface area contributed by atoms with Crippen molar-refractivity contribution in [3.05, 3.63) is 35.4 Å². The van der Waals surface area contributed by atoms with Crippen LogP contribution in [0.5, 0.6) is 5.75 Å². The number of alkyl halides is 2. The van der Waals surface area contributed by atoms with Crippen molar-refractivity contribution in [2.24, 2.45) is 0 Å². The number of carbonyl (C=O) groups is 1. The Balaban J connectivity index is 2.48. The minimum absolute atomic E-state index is 0.0115. The average molecular weight is 289 g/mol. The number of aromatic hydroxyl groups is 1. The Morgan fingerprint density at radius 1 is 1.25 bits per heavy atom. The summed E-state index contributed by atoms with van der Waals surface area (Å²) in [5, 5.41) is 9.08. The Labute approximate surface area is 112 Å². The van der Waals surface area contributed by atoms with Crippen molar-refractivity contribution in [1.29, 1.82) is 0 Å². The largest absolute Gasteiger partial charge is 0.508 e. The van der Waals surface area contributed by atoms with Crippen LogP contribution in [0.3, 0.4) is 0 Å². The van der Waals surface area contributed by atoms with Gasteiger partial charge >= 0.3 is 0 Å². The highest BCUT2D eigenvalue weighted by Crippen LogP contribution is 2.32. The standard InChI is InChI=1S/C13H11F4NO2/c14-8-4-7(19)5-9(15)13(8)10-2-1-3-12(20)18(10)6-11(16)17/h2,4-5,11,19H,1,3,6H2. The number of benzene rings is 1. The van der Waals surface area contributed by atoms with E-state index in [1.165, 1.54) is 6.08 Å². The molecule has 0 spiro atoms. The Morgan fingerprint density at radius 3 is 2.40 bits per heavy atom. The molecule has 1 aliphatic heterocycles. The summed E-state index contributed by atoms with van der Waals surface area (Å²) in [6.45, 7) is -0.926. The van der Waals surface area contributed by atoms with Crippen LogP contribution in [-0.4, -0.2) is 28.9 Å². The number of rotatable bonds is 3. The van der Waals surface area contributed by atoms with Gasteiger partial charge in [-0.25, -0.2) is 17.6 Å². The number of phenolic OH excluding ortho intramolecular Hbond substituents is 1. The third-order valence-electron chi connectivity index (χ3n) is 2.89. The number of hydrogen-bond donors (Lipinski definition) is 1. The second kappa shape index (κ2) is 5.52. The quantitative estimate of drug-likeness (QED) is 0.869. The van der Waals surface area contributed by atoms with Crippen molar-refractivity contribution in [2.45, 2.75) is 19.3 Å². The topological polar surface area (TPSA) is 40.5 Å². The summed E-state index contributed by atoms with van der Waals surface area (Å²) in [5.74, 6) is -3.45. The van der Waals surface area contributed by atoms with E-state index in [4.69, 9.17) is 5.11 Å². The SMILES string of the molecule is O=C1CCC=C(c2c(F)cc(O)cc2F)N1CC(F)F. The minimum Gasteiger partial charge on any atom is -0.508 e. The van der Waals surface area contributed by atoms with Crippen molar-refractivity contribution in [1.82, 2.24) is 4.90 Å². The number of allylic oxidation sites excluding steroid dienone is 1. The lowest BCUT2D eigenvalue weighted by molar-refractivity contribution is -0.129. The van der Waals surface area contributed by atoms with Crippen molar-refractivity contribution in [3.63, 3.8) is 0 Å². The van der Waals surface area contributed by atoms with Gasteiger partial charge < -0.3 is 10.0 Å². The summed E-state index contributed by atoms with van der Waals surface area (Å²) in [7, 11) is 0. The maximum Gasteiger partial charge on any atom is 0.256 e. The molecule has 1 aromatic carbocycles. The van der Waals surface area contributed by atoms with Crippen molar-refractivity contribution >= 4 is 11.6 Å². The van der Waals surface area contributed by atoms with E-state index >= 15 is 0 Å². The van der Waals surface area contributed by atoms with Crippen LogP contribution in [0.1, 0.15) is 18.4 Å². The highest BCUT2D eigenvalue weighted by molar-refractivity contribution is 5.89. The van der Waals surface area contributed by atoms with Crippen LogP contribution in [0.2, 0.25) is 0 Å². The zero-order valence-corrected chi connectivity index (χ0v) is 10.2. The normalized spacial score (nSPS) is 15.8. The van der Waals surface area contributed by atoms with Crippen LogP contribution in [0.4, 0.5) is 17.6 Å². The number of halogens is 4. The molecular weight excluding hydrogens is 278 g/mol. The maximum absolute atomic E-state index is 13.8. The molecule has 0 bridgehead atoms. The fraction of sp³-hybridized carbons (Fsp3) is 0.308. The van der Waals surface area contributed by atoms with E-state index in [2.05, 4.69) is 0 Å². The van der Waals surface area contributed by atoms with Gasteiger partial charge in [0.05, 0.1) is 17.8 Å². The van der Waals surface area contributed by atoms with Crippen LogP contribution < -0.4 is 0 Å². The lowest BCUT2D eigenvalue weighted by atomic mass is 10.0. The first-order valence-electron chi connectivity index (χ1n) is 5.87. The highest BCUT2D eigenvalue weighted by atomic mass is 19.3. The van der Waals surface area contributed by atoms with Crippen molar-refractivity contribution in [2.75, 3.05) is 6.54 Å². The molecule has 0 atom stereocenters. The molecule has 0 fully saturated rings. The second-order valence-corrected chi connectivity index (χ2v) is 4.31. The monoisotopic (exact) mass is 289 g/mol. The Kier molecular flexibility index (Phi) is 3.96. The van der Waals surface area contributed by atoms with E-state index < -0.39 is 41.8 Å². The predicted octanol–water partition coefficient (Wildman–Crippen LogP) is 2.90. The molecule has 2 rings (SSSR count). The van der Waals surface area contributed by atoms with E-state index in [-0.39, 0.29) is 18.5 Å². The van der Waals surface area contributed by atoms with Crippen LogP contribution in [0.15, 0.2) is 18.2 Å². The molecule has 1 aromatic rings. The second-order valence-electron chi connectivity index (χ2n) is 4.31. The number of nitrogens with zero attached hydrogens (tertiary/aromatic N) is 1. The molecule has 108 valence electrons. The summed E-state index contributed by atoms with van der Waals surface area (Å²) in [6, 6.07) is 1.33. The first-order valence-corrected chi connectivity index (χ1v) is 5.87. The fourth-order valence-electron chi connectivity index (χ4n) is 2.09. The summed E-state index contributed by atoms with van der Waals surface area (Å²) in [4.78, 5) is 12.3. The molecule has 3 nitrogen and oxygen atoms in total. The van der Waals surface area contributed by atoms with E-state index in [0.29, 0.717) is 17.0 Å². The van der Waals surface area contributed by atoms with Gasteiger partial charge in [-0.2, -0.15) is 0 Å². The number of amides is 1. The molecule has 1 N–H and O–H groups in total.